The number of halogens is 10. The number of ether oxygens (including phenoxy) is 2. The highest BCUT2D eigenvalue weighted by Gasteiger charge is 2.45. The third-order valence-corrected chi connectivity index (χ3v) is 5.48. The molecular formula is C25H17F10NO3. The Balaban J connectivity index is 2.31. The fraction of sp³-hybridized carbons (Fsp3) is 0.240. The number of methoxy groups -OCH3 is 1. The van der Waals surface area contributed by atoms with Gasteiger partial charge in [0.05, 0.1) is 24.6 Å². The van der Waals surface area contributed by atoms with E-state index in [1.165, 1.54) is 0 Å². The molecule has 0 saturated heterocycles. The van der Waals surface area contributed by atoms with Gasteiger partial charge in [0.2, 0.25) is 0 Å². The molecule has 0 saturated carbocycles. The summed E-state index contributed by atoms with van der Waals surface area (Å²) in [6, 6.07) is 7.04. The molecule has 0 aliphatic heterocycles. The molecule has 3 rings (SSSR count). The zero-order chi connectivity index (χ0) is 29.2. The van der Waals surface area contributed by atoms with Crippen LogP contribution in [0.5, 0.6) is 5.75 Å². The number of alkyl halides is 7. The summed E-state index contributed by atoms with van der Waals surface area (Å²) >= 11 is 0. The van der Waals surface area contributed by atoms with Crippen molar-refractivity contribution in [1.29, 1.82) is 0 Å². The molecule has 0 aromatic heterocycles. The van der Waals surface area contributed by atoms with Crippen LogP contribution >= 0.6 is 0 Å². The number of carbonyl (C=O) groups excluding carboxylic acids is 1. The summed E-state index contributed by atoms with van der Waals surface area (Å²) in [6.45, 7) is 0. The van der Waals surface area contributed by atoms with Gasteiger partial charge in [0, 0.05) is 11.8 Å². The summed E-state index contributed by atoms with van der Waals surface area (Å²) in [5.41, 5.74) is -5.08. The summed E-state index contributed by atoms with van der Waals surface area (Å²) in [7, 11) is 0.931. The summed E-state index contributed by atoms with van der Waals surface area (Å²) < 4.78 is 144. The van der Waals surface area contributed by atoms with Crippen molar-refractivity contribution in [2.24, 2.45) is 0 Å². The first-order chi connectivity index (χ1) is 18.1. The number of nitrogens with one attached hydrogen (secondary N) is 1. The molecule has 0 fully saturated rings. The number of carbonyl (C=O) groups is 1. The molecule has 0 aliphatic carbocycles. The fourth-order valence-corrected chi connectivity index (χ4v) is 3.72. The lowest BCUT2D eigenvalue weighted by Gasteiger charge is -2.37. The topological polar surface area (TPSA) is 47.6 Å². The maximum atomic E-state index is 14.6. The van der Waals surface area contributed by atoms with Gasteiger partial charge in [0.15, 0.2) is 0 Å². The van der Waals surface area contributed by atoms with Crippen LogP contribution in [0.4, 0.5) is 49.6 Å². The lowest BCUT2D eigenvalue weighted by atomic mass is 9.79. The molecule has 3 aromatic rings. The van der Waals surface area contributed by atoms with Gasteiger partial charge in [-0.2, -0.15) is 30.7 Å². The standard InChI is InChI=1S/C25H17F10NO3/c1-38-21(37)12-23(13-2-4-15(26)5-3-13,36-17-6-7-20(28)19(11-17)24(31,32)33)14-8-16(27)10-18(9-14)39-25(34,35)22(29)30/h2-11,22,36H,12H2,1H3. The summed E-state index contributed by atoms with van der Waals surface area (Å²) in [4.78, 5) is 12.5. The van der Waals surface area contributed by atoms with Crippen molar-refractivity contribution in [3.63, 3.8) is 0 Å². The highest BCUT2D eigenvalue weighted by Crippen LogP contribution is 2.41. The minimum atomic E-state index is -5.16. The van der Waals surface area contributed by atoms with Crippen LogP contribution in [0, 0.1) is 17.5 Å². The lowest BCUT2D eigenvalue weighted by molar-refractivity contribution is -0.253. The zero-order valence-electron chi connectivity index (χ0n) is 19.6. The van der Waals surface area contributed by atoms with Crippen LogP contribution in [0.15, 0.2) is 60.7 Å². The molecule has 3 aromatic carbocycles. The van der Waals surface area contributed by atoms with Crippen molar-refractivity contribution in [2.75, 3.05) is 12.4 Å². The van der Waals surface area contributed by atoms with Crippen molar-refractivity contribution in [2.45, 2.75) is 30.7 Å². The number of hydrogen-bond donors (Lipinski definition) is 1. The molecule has 39 heavy (non-hydrogen) atoms. The van der Waals surface area contributed by atoms with Crippen LogP contribution in [0.2, 0.25) is 0 Å². The quantitative estimate of drug-likeness (QED) is 0.218. The van der Waals surface area contributed by atoms with Gasteiger partial charge in [-0.1, -0.05) is 12.1 Å². The molecule has 4 nitrogen and oxygen atoms in total. The minimum Gasteiger partial charge on any atom is -0.469 e. The lowest BCUT2D eigenvalue weighted by Crippen LogP contribution is -2.40. The van der Waals surface area contributed by atoms with Gasteiger partial charge >= 0.3 is 24.7 Å². The molecule has 14 heteroatoms. The third kappa shape index (κ3) is 6.73. The zero-order valence-corrected chi connectivity index (χ0v) is 19.6. The van der Waals surface area contributed by atoms with E-state index >= 15 is 0 Å². The Kier molecular flexibility index (Phi) is 8.36. The van der Waals surface area contributed by atoms with Crippen LogP contribution < -0.4 is 10.1 Å². The predicted molar refractivity (Wildman–Crippen MR) is 117 cm³/mol. The highest BCUT2D eigenvalue weighted by atomic mass is 19.4. The van der Waals surface area contributed by atoms with Crippen LogP contribution in [0.3, 0.4) is 0 Å². The maximum Gasteiger partial charge on any atom is 0.461 e. The number of rotatable bonds is 9. The number of benzene rings is 3. The van der Waals surface area contributed by atoms with E-state index in [1.54, 1.807) is 0 Å². The summed E-state index contributed by atoms with van der Waals surface area (Å²) in [5.74, 6) is -5.99. The maximum absolute atomic E-state index is 14.6. The molecule has 0 aliphatic rings. The average Bonchev–Trinajstić information content (AvgIpc) is 2.83. The van der Waals surface area contributed by atoms with Gasteiger partial charge in [-0.15, -0.1) is 0 Å². The molecule has 0 bridgehead atoms. The summed E-state index contributed by atoms with van der Waals surface area (Å²) in [5, 5.41) is 2.54. The van der Waals surface area contributed by atoms with Gasteiger partial charge < -0.3 is 14.8 Å². The van der Waals surface area contributed by atoms with Crippen LogP contribution in [0.25, 0.3) is 0 Å². The smallest absolute Gasteiger partial charge is 0.461 e. The Bertz CT molecular complexity index is 1330. The largest absolute Gasteiger partial charge is 0.469 e. The molecule has 1 N–H and O–H groups in total. The Morgan fingerprint density at radius 3 is 2.05 bits per heavy atom. The monoisotopic (exact) mass is 569 g/mol. The first-order valence-corrected chi connectivity index (χ1v) is 10.7. The van der Waals surface area contributed by atoms with Gasteiger partial charge in [0.25, 0.3) is 0 Å². The average molecular weight is 569 g/mol. The van der Waals surface area contributed by atoms with Crippen molar-refractivity contribution in [1.82, 2.24) is 0 Å². The van der Waals surface area contributed by atoms with E-state index < -0.39 is 76.7 Å². The van der Waals surface area contributed by atoms with Crippen molar-refractivity contribution < 1.29 is 58.2 Å². The van der Waals surface area contributed by atoms with E-state index in [1.807, 2.05) is 0 Å². The Morgan fingerprint density at radius 2 is 1.49 bits per heavy atom. The molecule has 0 spiro atoms. The molecule has 0 amide bonds. The SMILES string of the molecule is COC(=O)CC(Nc1ccc(F)c(C(F)(F)F)c1)(c1ccc(F)cc1)c1cc(F)cc(OC(F)(F)C(F)F)c1. The van der Waals surface area contributed by atoms with Crippen molar-refractivity contribution >= 4 is 11.7 Å². The Hall–Kier alpha value is -3.97. The van der Waals surface area contributed by atoms with E-state index in [-0.39, 0.29) is 5.56 Å². The van der Waals surface area contributed by atoms with E-state index in [9.17, 15) is 48.7 Å². The van der Waals surface area contributed by atoms with Gasteiger partial charge in [-0.05, 0) is 53.6 Å². The van der Waals surface area contributed by atoms with E-state index in [0.29, 0.717) is 30.3 Å². The van der Waals surface area contributed by atoms with E-state index in [0.717, 1.165) is 37.4 Å². The number of anilines is 1. The first kappa shape index (κ1) is 29.6. The third-order valence-electron chi connectivity index (χ3n) is 5.48. The highest BCUT2D eigenvalue weighted by molar-refractivity contribution is 5.74. The van der Waals surface area contributed by atoms with Crippen molar-refractivity contribution in [3.05, 3.63) is 94.8 Å². The molecule has 0 radical (unpaired) electrons. The van der Waals surface area contributed by atoms with E-state index in [4.69, 9.17) is 0 Å². The number of esters is 1. The second-order valence-corrected chi connectivity index (χ2v) is 8.12. The number of hydrogen-bond acceptors (Lipinski definition) is 4. The normalized spacial score (nSPS) is 13.6. The second-order valence-electron chi connectivity index (χ2n) is 8.12. The molecule has 210 valence electrons. The fourth-order valence-electron chi connectivity index (χ4n) is 3.72. The molecular weight excluding hydrogens is 552 g/mol. The minimum absolute atomic E-state index is 0.135. The first-order valence-electron chi connectivity index (χ1n) is 10.7. The van der Waals surface area contributed by atoms with Crippen LogP contribution in [-0.4, -0.2) is 25.6 Å². The Morgan fingerprint density at radius 1 is 0.846 bits per heavy atom. The van der Waals surface area contributed by atoms with Gasteiger partial charge in [-0.3, -0.25) is 4.79 Å². The predicted octanol–water partition coefficient (Wildman–Crippen LogP) is 7.28. The van der Waals surface area contributed by atoms with E-state index in [2.05, 4.69) is 14.8 Å². The van der Waals surface area contributed by atoms with Crippen LogP contribution in [-0.2, 0) is 21.2 Å². The van der Waals surface area contributed by atoms with Gasteiger partial charge in [-0.25, -0.2) is 13.2 Å². The van der Waals surface area contributed by atoms with Gasteiger partial charge in [0.1, 0.15) is 23.2 Å². The van der Waals surface area contributed by atoms with Crippen molar-refractivity contribution in [3.8, 4) is 5.75 Å². The second kappa shape index (κ2) is 11.0. The summed E-state index contributed by atoms with van der Waals surface area (Å²) in [6.07, 6.45) is -15.4. The molecule has 1 unspecified atom stereocenters. The Labute approximate surface area is 214 Å². The molecule has 0 heterocycles. The molecule has 1 atom stereocenters. The van der Waals surface area contributed by atoms with Crippen LogP contribution in [0.1, 0.15) is 23.1 Å².